The number of anilines is 1. The quantitative estimate of drug-likeness (QED) is 0.831. The second kappa shape index (κ2) is 6.01. The van der Waals surface area contributed by atoms with Crippen LogP contribution in [0.25, 0.3) is 0 Å². The van der Waals surface area contributed by atoms with Gasteiger partial charge in [-0.15, -0.1) is 0 Å². The lowest BCUT2D eigenvalue weighted by Crippen LogP contribution is -2.18. The molecule has 2 aromatic heterocycles. The summed E-state index contributed by atoms with van der Waals surface area (Å²) in [4.78, 5) is 16.0. The monoisotopic (exact) mass is 262 g/mol. The van der Waals surface area contributed by atoms with Gasteiger partial charge in [-0.05, 0) is 29.5 Å². The van der Waals surface area contributed by atoms with Crippen molar-refractivity contribution in [2.45, 2.75) is 13.5 Å². The third kappa shape index (κ3) is 3.32. The number of amides is 1. The summed E-state index contributed by atoms with van der Waals surface area (Å²) in [5, 5.41) is 13.6. The second-order valence-corrected chi connectivity index (χ2v) is 3.86. The van der Waals surface area contributed by atoms with Crippen molar-refractivity contribution in [2.75, 3.05) is 19.0 Å². The van der Waals surface area contributed by atoms with Gasteiger partial charge in [0.1, 0.15) is 0 Å². The summed E-state index contributed by atoms with van der Waals surface area (Å²) in [7, 11) is 1.58. The predicted octanol–water partition coefficient (Wildman–Crippen LogP) is 0.275. The number of hydrogen-bond donors (Lipinski definition) is 1. The fourth-order valence-corrected chi connectivity index (χ4v) is 1.40. The summed E-state index contributed by atoms with van der Waals surface area (Å²) < 4.78 is 6.40. The summed E-state index contributed by atoms with van der Waals surface area (Å²) in [5.41, 5.74) is 1.30. The van der Waals surface area contributed by atoms with Crippen molar-refractivity contribution in [3.63, 3.8) is 0 Å². The highest BCUT2D eigenvalue weighted by Crippen LogP contribution is 2.05. The van der Waals surface area contributed by atoms with E-state index in [1.54, 1.807) is 19.2 Å². The van der Waals surface area contributed by atoms with E-state index in [1.807, 2.05) is 6.92 Å². The highest BCUT2D eigenvalue weighted by molar-refractivity contribution is 6.03. The molecule has 2 aromatic rings. The lowest BCUT2D eigenvalue weighted by Gasteiger charge is -2.05. The third-order valence-corrected chi connectivity index (χ3v) is 2.44. The normalized spacial score (nSPS) is 10.4. The standard InChI is InChI=1S/C11H14N6O2/c1-8-3-4-9(7-12-8)10(18)13-11-14-15-16-17(11)5-6-19-2/h3-4,7H,5-6H2,1-2H3,(H,13,14,16,18). The number of aryl methyl sites for hydroxylation is 1. The molecule has 0 aliphatic heterocycles. The van der Waals surface area contributed by atoms with Crippen LogP contribution in [0.4, 0.5) is 5.95 Å². The Morgan fingerprint density at radius 3 is 3.00 bits per heavy atom. The third-order valence-electron chi connectivity index (χ3n) is 2.44. The first-order valence-electron chi connectivity index (χ1n) is 5.70. The molecule has 0 atom stereocenters. The van der Waals surface area contributed by atoms with Crippen LogP contribution in [0.3, 0.4) is 0 Å². The van der Waals surface area contributed by atoms with Crippen molar-refractivity contribution >= 4 is 11.9 Å². The van der Waals surface area contributed by atoms with Gasteiger partial charge >= 0.3 is 0 Å². The molecule has 0 saturated carbocycles. The van der Waals surface area contributed by atoms with Gasteiger partial charge in [0.25, 0.3) is 5.91 Å². The van der Waals surface area contributed by atoms with Gasteiger partial charge < -0.3 is 4.74 Å². The highest BCUT2D eigenvalue weighted by atomic mass is 16.5. The molecule has 0 bridgehead atoms. The van der Waals surface area contributed by atoms with Crippen molar-refractivity contribution in [3.8, 4) is 0 Å². The number of methoxy groups -OCH3 is 1. The number of hydrogen-bond acceptors (Lipinski definition) is 6. The van der Waals surface area contributed by atoms with Gasteiger partial charge in [-0.25, -0.2) is 4.68 Å². The Morgan fingerprint density at radius 2 is 2.32 bits per heavy atom. The zero-order valence-corrected chi connectivity index (χ0v) is 10.7. The van der Waals surface area contributed by atoms with E-state index in [-0.39, 0.29) is 11.9 Å². The van der Waals surface area contributed by atoms with E-state index in [0.29, 0.717) is 18.7 Å². The van der Waals surface area contributed by atoms with E-state index in [1.165, 1.54) is 10.9 Å². The van der Waals surface area contributed by atoms with E-state index in [4.69, 9.17) is 4.74 Å². The Kier molecular flexibility index (Phi) is 4.14. The molecule has 0 aromatic carbocycles. The first-order valence-corrected chi connectivity index (χ1v) is 5.70. The molecule has 0 fully saturated rings. The summed E-state index contributed by atoms with van der Waals surface area (Å²) in [6.45, 7) is 2.78. The number of tetrazole rings is 1. The van der Waals surface area contributed by atoms with Gasteiger partial charge in [0.15, 0.2) is 0 Å². The molecular formula is C11H14N6O2. The van der Waals surface area contributed by atoms with Crippen molar-refractivity contribution < 1.29 is 9.53 Å². The minimum Gasteiger partial charge on any atom is -0.383 e. The van der Waals surface area contributed by atoms with Crippen molar-refractivity contribution in [1.82, 2.24) is 25.2 Å². The molecule has 0 unspecified atom stereocenters. The summed E-state index contributed by atoms with van der Waals surface area (Å²) in [6.07, 6.45) is 1.51. The van der Waals surface area contributed by atoms with Crippen LogP contribution in [0.5, 0.6) is 0 Å². The molecule has 0 spiro atoms. The Bertz CT molecular complexity index is 551. The van der Waals surface area contributed by atoms with Gasteiger partial charge in [0, 0.05) is 19.0 Å². The fraction of sp³-hybridized carbons (Fsp3) is 0.364. The topological polar surface area (TPSA) is 94.8 Å². The summed E-state index contributed by atoms with van der Waals surface area (Å²) in [5.74, 6) is -0.0245. The fourth-order valence-electron chi connectivity index (χ4n) is 1.40. The van der Waals surface area contributed by atoms with E-state index >= 15 is 0 Å². The maximum atomic E-state index is 12.0. The Labute approximate surface area is 109 Å². The lowest BCUT2D eigenvalue weighted by molar-refractivity contribution is 0.102. The second-order valence-electron chi connectivity index (χ2n) is 3.86. The smallest absolute Gasteiger partial charge is 0.259 e. The molecule has 2 rings (SSSR count). The van der Waals surface area contributed by atoms with Gasteiger partial charge in [0.05, 0.1) is 18.7 Å². The van der Waals surface area contributed by atoms with Crippen molar-refractivity contribution in [3.05, 3.63) is 29.6 Å². The number of nitrogens with one attached hydrogen (secondary N) is 1. The summed E-state index contributed by atoms with van der Waals surface area (Å²) >= 11 is 0. The largest absolute Gasteiger partial charge is 0.383 e. The summed E-state index contributed by atoms with van der Waals surface area (Å²) in [6, 6.07) is 3.46. The first-order chi connectivity index (χ1) is 9.20. The first kappa shape index (κ1) is 13.1. The average molecular weight is 262 g/mol. The van der Waals surface area contributed by atoms with E-state index in [9.17, 15) is 4.79 Å². The molecule has 100 valence electrons. The van der Waals surface area contributed by atoms with Gasteiger partial charge in [-0.1, -0.05) is 5.10 Å². The molecule has 0 aliphatic carbocycles. The maximum Gasteiger partial charge on any atom is 0.259 e. The minimum atomic E-state index is -0.305. The number of ether oxygens (including phenoxy) is 1. The van der Waals surface area contributed by atoms with Crippen LogP contribution in [0.15, 0.2) is 18.3 Å². The molecule has 8 nitrogen and oxygen atoms in total. The maximum absolute atomic E-state index is 12.0. The van der Waals surface area contributed by atoms with E-state index in [0.717, 1.165) is 5.69 Å². The zero-order valence-electron chi connectivity index (χ0n) is 10.7. The number of carbonyl (C=O) groups is 1. The molecule has 2 heterocycles. The number of nitrogens with zero attached hydrogens (tertiary/aromatic N) is 5. The average Bonchev–Trinajstić information content (AvgIpc) is 2.84. The van der Waals surface area contributed by atoms with Crippen molar-refractivity contribution in [1.29, 1.82) is 0 Å². The van der Waals surface area contributed by atoms with Crippen LogP contribution in [-0.2, 0) is 11.3 Å². The van der Waals surface area contributed by atoms with E-state index in [2.05, 4.69) is 25.8 Å². The molecule has 0 saturated heterocycles. The van der Waals surface area contributed by atoms with Gasteiger partial charge in [0.2, 0.25) is 5.95 Å². The zero-order chi connectivity index (χ0) is 13.7. The Hall–Kier alpha value is -2.35. The van der Waals surface area contributed by atoms with Crippen LogP contribution < -0.4 is 5.32 Å². The number of aromatic nitrogens is 5. The van der Waals surface area contributed by atoms with Crippen LogP contribution in [0.1, 0.15) is 16.1 Å². The number of rotatable bonds is 5. The molecule has 0 aliphatic rings. The predicted molar refractivity (Wildman–Crippen MR) is 66.6 cm³/mol. The van der Waals surface area contributed by atoms with Crippen LogP contribution in [0.2, 0.25) is 0 Å². The van der Waals surface area contributed by atoms with Crippen LogP contribution in [-0.4, -0.2) is 44.8 Å². The van der Waals surface area contributed by atoms with Gasteiger partial charge in [-0.2, -0.15) is 0 Å². The highest BCUT2D eigenvalue weighted by Gasteiger charge is 2.11. The van der Waals surface area contributed by atoms with E-state index < -0.39 is 0 Å². The van der Waals surface area contributed by atoms with Crippen LogP contribution in [0, 0.1) is 6.92 Å². The van der Waals surface area contributed by atoms with Gasteiger partial charge in [-0.3, -0.25) is 15.1 Å². The molecule has 0 radical (unpaired) electrons. The lowest BCUT2D eigenvalue weighted by atomic mass is 10.2. The minimum absolute atomic E-state index is 0.280. The SMILES string of the molecule is COCCn1nnnc1NC(=O)c1ccc(C)nc1. The van der Waals surface area contributed by atoms with Crippen LogP contribution >= 0.6 is 0 Å². The number of pyridine rings is 1. The number of carbonyl (C=O) groups excluding carboxylic acids is 1. The molecule has 1 N–H and O–H groups in total. The Balaban J connectivity index is 2.06. The van der Waals surface area contributed by atoms with Crippen molar-refractivity contribution in [2.24, 2.45) is 0 Å². The molecule has 1 amide bonds. The molecule has 8 heteroatoms. The molecular weight excluding hydrogens is 248 g/mol. The Morgan fingerprint density at radius 1 is 1.47 bits per heavy atom. The molecule has 19 heavy (non-hydrogen) atoms.